The summed E-state index contributed by atoms with van der Waals surface area (Å²) >= 11 is 0. The Labute approximate surface area is 89.3 Å². The first-order chi connectivity index (χ1) is 7.06. The molecular weight excluding hydrogens is 195 g/mol. The fraction of sp³-hybridized carbons (Fsp3) is 0.455. The number of hydrogen-bond acceptors (Lipinski definition) is 3. The van der Waals surface area contributed by atoms with Gasteiger partial charge in [-0.25, -0.2) is 4.39 Å². The van der Waals surface area contributed by atoms with Gasteiger partial charge in [0.1, 0.15) is 5.82 Å². The van der Waals surface area contributed by atoms with Gasteiger partial charge in [0.05, 0.1) is 6.10 Å². The minimum atomic E-state index is -0.455. The number of nitrogens with zero attached hydrogens (tertiary/aromatic N) is 1. The van der Waals surface area contributed by atoms with E-state index in [9.17, 15) is 9.50 Å². The topological polar surface area (TPSA) is 49.5 Å². The van der Waals surface area contributed by atoms with E-state index >= 15 is 0 Å². The van der Waals surface area contributed by atoms with Crippen molar-refractivity contribution in [3.63, 3.8) is 0 Å². The van der Waals surface area contributed by atoms with Crippen molar-refractivity contribution < 1.29 is 9.50 Å². The van der Waals surface area contributed by atoms with E-state index < -0.39 is 6.10 Å². The molecule has 0 fully saturated rings. The molecule has 0 amide bonds. The Hall–Kier alpha value is -1.13. The Kier molecular flexibility index (Phi) is 4.05. The number of anilines is 1. The van der Waals surface area contributed by atoms with Crippen LogP contribution in [0.1, 0.15) is 12.5 Å². The van der Waals surface area contributed by atoms with Crippen LogP contribution in [0.5, 0.6) is 0 Å². The van der Waals surface area contributed by atoms with Crippen molar-refractivity contribution in [2.24, 2.45) is 5.73 Å². The molecule has 84 valence electrons. The summed E-state index contributed by atoms with van der Waals surface area (Å²) in [6.45, 7) is 2.31. The lowest BCUT2D eigenvalue weighted by molar-refractivity contribution is 0.201. The predicted molar refractivity (Wildman–Crippen MR) is 59.2 cm³/mol. The van der Waals surface area contributed by atoms with Crippen LogP contribution < -0.4 is 10.6 Å². The van der Waals surface area contributed by atoms with Crippen LogP contribution in [0, 0.1) is 5.82 Å². The third-order valence-electron chi connectivity index (χ3n) is 2.25. The second kappa shape index (κ2) is 5.09. The van der Waals surface area contributed by atoms with E-state index in [2.05, 4.69) is 0 Å². The Balaban J connectivity index is 2.97. The van der Waals surface area contributed by atoms with Crippen molar-refractivity contribution in [3.05, 3.63) is 29.6 Å². The van der Waals surface area contributed by atoms with Crippen LogP contribution in [0.2, 0.25) is 0 Å². The number of nitrogens with two attached hydrogens (primary N) is 1. The van der Waals surface area contributed by atoms with E-state index in [1.807, 2.05) is 0 Å². The lowest BCUT2D eigenvalue weighted by Crippen LogP contribution is -2.28. The average Bonchev–Trinajstić information content (AvgIpc) is 2.16. The van der Waals surface area contributed by atoms with Crippen molar-refractivity contribution in [2.75, 3.05) is 18.5 Å². The third kappa shape index (κ3) is 2.91. The van der Waals surface area contributed by atoms with Crippen LogP contribution in [0.4, 0.5) is 10.1 Å². The van der Waals surface area contributed by atoms with Crippen LogP contribution in [-0.4, -0.2) is 24.8 Å². The maximum absolute atomic E-state index is 13.4. The standard InChI is InChI=1S/C11H17FN2O/c1-8(15)7-14(2)11-5-3-4-10(12)9(11)6-13/h3-5,8,15H,6-7,13H2,1-2H3. The first-order valence-electron chi connectivity index (χ1n) is 4.93. The van der Waals surface area contributed by atoms with Crippen LogP contribution in [0.15, 0.2) is 18.2 Å². The van der Waals surface area contributed by atoms with Crippen LogP contribution in [-0.2, 0) is 6.54 Å². The number of likely N-dealkylation sites (N-methyl/N-ethyl adjacent to an activating group) is 1. The van der Waals surface area contributed by atoms with Crippen LogP contribution in [0.3, 0.4) is 0 Å². The second-order valence-electron chi connectivity index (χ2n) is 3.67. The van der Waals surface area contributed by atoms with Crippen molar-refractivity contribution in [1.29, 1.82) is 0 Å². The van der Waals surface area contributed by atoms with Crippen molar-refractivity contribution in [3.8, 4) is 0 Å². The van der Waals surface area contributed by atoms with Crippen molar-refractivity contribution in [1.82, 2.24) is 0 Å². The van der Waals surface area contributed by atoms with Crippen LogP contribution in [0.25, 0.3) is 0 Å². The quantitative estimate of drug-likeness (QED) is 0.785. The molecule has 0 spiro atoms. The highest BCUT2D eigenvalue weighted by molar-refractivity contribution is 5.53. The molecule has 1 aromatic carbocycles. The van der Waals surface area contributed by atoms with Gasteiger partial charge in [-0.1, -0.05) is 6.07 Å². The Morgan fingerprint density at radius 3 is 2.73 bits per heavy atom. The van der Waals surface area contributed by atoms with E-state index in [1.165, 1.54) is 6.07 Å². The highest BCUT2D eigenvalue weighted by atomic mass is 19.1. The summed E-state index contributed by atoms with van der Waals surface area (Å²) in [4.78, 5) is 1.80. The molecular formula is C11H17FN2O. The minimum Gasteiger partial charge on any atom is -0.392 e. The molecule has 3 N–H and O–H groups in total. The number of aliphatic hydroxyl groups is 1. The fourth-order valence-corrected chi connectivity index (χ4v) is 1.60. The summed E-state index contributed by atoms with van der Waals surface area (Å²) in [5, 5.41) is 9.25. The van der Waals surface area contributed by atoms with Gasteiger partial charge in [0.15, 0.2) is 0 Å². The molecule has 1 rings (SSSR count). The van der Waals surface area contributed by atoms with Gasteiger partial charge < -0.3 is 15.7 Å². The van der Waals surface area contributed by atoms with Crippen LogP contribution >= 0.6 is 0 Å². The van der Waals surface area contributed by atoms with E-state index in [4.69, 9.17) is 5.73 Å². The Morgan fingerprint density at radius 2 is 2.20 bits per heavy atom. The molecule has 4 heteroatoms. The third-order valence-corrected chi connectivity index (χ3v) is 2.25. The Bertz CT molecular complexity index is 328. The zero-order valence-corrected chi connectivity index (χ0v) is 9.07. The summed E-state index contributed by atoms with van der Waals surface area (Å²) in [7, 11) is 1.81. The predicted octanol–water partition coefficient (Wildman–Crippen LogP) is 1.10. The van der Waals surface area contributed by atoms with Gasteiger partial charge in [0, 0.05) is 31.4 Å². The number of benzene rings is 1. The fourth-order valence-electron chi connectivity index (χ4n) is 1.60. The lowest BCUT2D eigenvalue weighted by Gasteiger charge is -2.23. The molecule has 0 aliphatic heterocycles. The lowest BCUT2D eigenvalue weighted by atomic mass is 10.1. The van der Waals surface area contributed by atoms with Gasteiger partial charge in [-0.15, -0.1) is 0 Å². The first-order valence-corrected chi connectivity index (χ1v) is 4.93. The molecule has 0 saturated carbocycles. The molecule has 1 atom stereocenters. The molecule has 0 radical (unpaired) electrons. The number of rotatable bonds is 4. The van der Waals surface area contributed by atoms with E-state index in [0.717, 1.165) is 5.69 Å². The highest BCUT2D eigenvalue weighted by Gasteiger charge is 2.11. The zero-order chi connectivity index (χ0) is 11.4. The molecule has 1 aromatic rings. The summed E-state index contributed by atoms with van der Waals surface area (Å²) < 4.78 is 13.4. The number of aliphatic hydroxyl groups excluding tert-OH is 1. The summed E-state index contributed by atoms with van der Waals surface area (Å²) in [5.41, 5.74) is 6.71. The average molecular weight is 212 g/mol. The maximum Gasteiger partial charge on any atom is 0.129 e. The molecule has 3 nitrogen and oxygen atoms in total. The van der Waals surface area contributed by atoms with Gasteiger partial charge in [-0.05, 0) is 19.1 Å². The number of hydrogen-bond donors (Lipinski definition) is 2. The van der Waals surface area contributed by atoms with Gasteiger partial charge in [-0.3, -0.25) is 0 Å². The molecule has 0 aromatic heterocycles. The van der Waals surface area contributed by atoms with Gasteiger partial charge in [0.2, 0.25) is 0 Å². The summed E-state index contributed by atoms with van der Waals surface area (Å²) in [6.07, 6.45) is -0.455. The smallest absolute Gasteiger partial charge is 0.129 e. The SMILES string of the molecule is CC(O)CN(C)c1cccc(F)c1CN. The zero-order valence-electron chi connectivity index (χ0n) is 9.07. The van der Waals surface area contributed by atoms with Gasteiger partial charge >= 0.3 is 0 Å². The summed E-state index contributed by atoms with van der Waals surface area (Å²) in [6, 6.07) is 4.83. The largest absolute Gasteiger partial charge is 0.392 e. The molecule has 0 heterocycles. The first kappa shape index (κ1) is 11.9. The molecule has 15 heavy (non-hydrogen) atoms. The maximum atomic E-state index is 13.4. The molecule has 0 saturated heterocycles. The monoisotopic (exact) mass is 212 g/mol. The molecule has 1 unspecified atom stereocenters. The van der Waals surface area contributed by atoms with E-state index in [0.29, 0.717) is 12.1 Å². The van der Waals surface area contributed by atoms with Gasteiger partial charge in [-0.2, -0.15) is 0 Å². The highest BCUT2D eigenvalue weighted by Crippen LogP contribution is 2.21. The minimum absolute atomic E-state index is 0.159. The number of halogens is 1. The van der Waals surface area contributed by atoms with Crippen molar-refractivity contribution >= 4 is 5.69 Å². The molecule has 0 aliphatic rings. The summed E-state index contributed by atoms with van der Waals surface area (Å²) in [5.74, 6) is -0.299. The van der Waals surface area contributed by atoms with Gasteiger partial charge in [0.25, 0.3) is 0 Å². The van der Waals surface area contributed by atoms with E-state index in [-0.39, 0.29) is 12.4 Å². The Morgan fingerprint density at radius 1 is 1.53 bits per heavy atom. The normalized spacial score (nSPS) is 12.6. The van der Waals surface area contributed by atoms with E-state index in [1.54, 1.807) is 31.0 Å². The molecule has 0 bridgehead atoms. The second-order valence-corrected chi connectivity index (χ2v) is 3.67. The van der Waals surface area contributed by atoms with Crippen molar-refractivity contribution in [2.45, 2.75) is 19.6 Å². The molecule has 0 aliphatic carbocycles.